The Labute approximate surface area is 132 Å². The summed E-state index contributed by atoms with van der Waals surface area (Å²) in [6.45, 7) is 4.03. The van der Waals surface area contributed by atoms with E-state index < -0.39 is 5.82 Å². The number of hydrogen-bond donors (Lipinski definition) is 1. The Bertz CT molecular complexity index is 640. The van der Waals surface area contributed by atoms with E-state index in [1.165, 1.54) is 17.7 Å². The van der Waals surface area contributed by atoms with Crippen LogP contribution in [-0.2, 0) is 0 Å². The molecule has 110 valence electrons. The number of nitrogens with one attached hydrogen (secondary N) is 1. The lowest BCUT2D eigenvalue weighted by molar-refractivity contribution is 0.0934. The van der Waals surface area contributed by atoms with Gasteiger partial charge >= 0.3 is 0 Å². The molecule has 0 spiro atoms. The summed E-state index contributed by atoms with van der Waals surface area (Å²) in [5.41, 5.74) is 2.53. The van der Waals surface area contributed by atoms with Crippen LogP contribution in [0.15, 0.2) is 46.9 Å². The smallest absolute Gasteiger partial charge is 0.253 e. The van der Waals surface area contributed by atoms with Gasteiger partial charge in [0.25, 0.3) is 5.91 Å². The summed E-state index contributed by atoms with van der Waals surface area (Å²) < 4.78 is 13.7. The zero-order valence-corrected chi connectivity index (χ0v) is 13.6. The van der Waals surface area contributed by atoms with Gasteiger partial charge in [0, 0.05) is 0 Å². The molecule has 1 unspecified atom stereocenters. The lowest BCUT2D eigenvalue weighted by Gasteiger charge is -2.18. The zero-order chi connectivity index (χ0) is 15.4. The van der Waals surface area contributed by atoms with Crippen molar-refractivity contribution in [3.8, 4) is 0 Å². The lowest BCUT2D eigenvalue weighted by atomic mass is 10.0. The van der Waals surface area contributed by atoms with Crippen LogP contribution < -0.4 is 5.32 Å². The third kappa shape index (κ3) is 3.70. The predicted octanol–water partition coefficient (Wildman–Crippen LogP) is 4.78. The van der Waals surface area contributed by atoms with Crippen molar-refractivity contribution < 1.29 is 9.18 Å². The maximum Gasteiger partial charge on any atom is 0.253 e. The van der Waals surface area contributed by atoms with Crippen LogP contribution in [0.25, 0.3) is 0 Å². The fraction of sp³-hybridized carbons (Fsp3) is 0.235. The summed E-state index contributed by atoms with van der Waals surface area (Å²) in [7, 11) is 0. The number of benzene rings is 2. The maximum absolute atomic E-state index is 13.5. The Morgan fingerprint density at radius 2 is 1.90 bits per heavy atom. The standard InChI is InChI=1S/C17H17BrFNO/c1-3-15(12-9-7-11(2)8-10-12)20-17(21)13-5-4-6-14(19)16(13)18/h4-10,15H,3H2,1-2H3,(H,20,21). The second kappa shape index (κ2) is 6.85. The highest BCUT2D eigenvalue weighted by Crippen LogP contribution is 2.22. The normalized spacial score (nSPS) is 12.0. The summed E-state index contributed by atoms with van der Waals surface area (Å²) in [5.74, 6) is -0.722. The number of rotatable bonds is 4. The number of hydrogen-bond acceptors (Lipinski definition) is 1. The Hall–Kier alpha value is -1.68. The van der Waals surface area contributed by atoms with Crippen molar-refractivity contribution in [3.05, 3.63) is 69.4 Å². The second-order valence-corrected chi connectivity index (χ2v) is 5.74. The summed E-state index contributed by atoms with van der Waals surface area (Å²) in [4.78, 5) is 12.3. The highest BCUT2D eigenvalue weighted by atomic mass is 79.9. The molecule has 0 radical (unpaired) electrons. The SMILES string of the molecule is CCC(NC(=O)c1cccc(F)c1Br)c1ccc(C)cc1. The van der Waals surface area contributed by atoms with Crippen LogP contribution in [0.4, 0.5) is 4.39 Å². The molecule has 4 heteroatoms. The summed E-state index contributed by atoms with van der Waals surface area (Å²) in [5, 5.41) is 2.95. The molecular weight excluding hydrogens is 333 g/mol. The first-order chi connectivity index (χ1) is 10.0. The molecule has 1 amide bonds. The summed E-state index contributed by atoms with van der Waals surface area (Å²) >= 11 is 3.12. The number of carbonyl (C=O) groups is 1. The van der Waals surface area contributed by atoms with Gasteiger partial charge in [-0.15, -0.1) is 0 Å². The van der Waals surface area contributed by atoms with E-state index in [9.17, 15) is 9.18 Å². The Morgan fingerprint density at radius 1 is 1.24 bits per heavy atom. The van der Waals surface area contributed by atoms with E-state index in [1.807, 2.05) is 38.1 Å². The van der Waals surface area contributed by atoms with Gasteiger partial charge in [-0.25, -0.2) is 4.39 Å². The highest BCUT2D eigenvalue weighted by Gasteiger charge is 2.17. The monoisotopic (exact) mass is 349 g/mol. The van der Waals surface area contributed by atoms with Gasteiger partial charge in [-0.1, -0.05) is 42.8 Å². The van der Waals surface area contributed by atoms with Crippen molar-refractivity contribution >= 4 is 21.8 Å². The molecule has 2 aromatic rings. The van der Waals surface area contributed by atoms with Crippen molar-refractivity contribution in [1.29, 1.82) is 0 Å². The fourth-order valence-electron chi connectivity index (χ4n) is 2.14. The minimum atomic E-state index is -0.439. The Balaban J connectivity index is 2.20. The van der Waals surface area contributed by atoms with Crippen LogP contribution in [0, 0.1) is 12.7 Å². The molecule has 2 aromatic carbocycles. The number of halogens is 2. The highest BCUT2D eigenvalue weighted by molar-refractivity contribution is 9.10. The molecule has 0 aliphatic rings. The van der Waals surface area contributed by atoms with E-state index in [4.69, 9.17) is 0 Å². The Morgan fingerprint density at radius 3 is 2.52 bits per heavy atom. The zero-order valence-electron chi connectivity index (χ0n) is 12.0. The average Bonchev–Trinajstić information content (AvgIpc) is 2.48. The first kappa shape index (κ1) is 15.7. The quantitative estimate of drug-likeness (QED) is 0.845. The van der Waals surface area contributed by atoms with Gasteiger partial charge in [0.1, 0.15) is 5.82 Å². The minimum absolute atomic E-state index is 0.0896. The molecule has 0 aromatic heterocycles. The van der Waals surface area contributed by atoms with Gasteiger partial charge in [-0.2, -0.15) is 0 Å². The van der Waals surface area contributed by atoms with Crippen LogP contribution in [0.5, 0.6) is 0 Å². The molecule has 0 saturated heterocycles. The van der Waals surface area contributed by atoms with Crippen LogP contribution in [-0.4, -0.2) is 5.91 Å². The van der Waals surface area contributed by atoms with E-state index in [2.05, 4.69) is 21.2 Å². The largest absolute Gasteiger partial charge is 0.345 e. The van der Waals surface area contributed by atoms with Crippen LogP contribution in [0.2, 0.25) is 0 Å². The maximum atomic E-state index is 13.5. The van der Waals surface area contributed by atoms with E-state index in [0.29, 0.717) is 5.56 Å². The molecule has 2 nitrogen and oxygen atoms in total. The van der Waals surface area contributed by atoms with Gasteiger partial charge < -0.3 is 5.32 Å². The van der Waals surface area contributed by atoms with Crippen LogP contribution >= 0.6 is 15.9 Å². The minimum Gasteiger partial charge on any atom is -0.345 e. The molecule has 0 heterocycles. The number of carbonyl (C=O) groups excluding carboxylic acids is 1. The topological polar surface area (TPSA) is 29.1 Å². The molecule has 1 N–H and O–H groups in total. The van der Waals surface area contributed by atoms with E-state index in [1.54, 1.807) is 6.07 Å². The van der Waals surface area contributed by atoms with E-state index >= 15 is 0 Å². The first-order valence-electron chi connectivity index (χ1n) is 6.84. The molecule has 0 aliphatic heterocycles. The molecule has 21 heavy (non-hydrogen) atoms. The average molecular weight is 350 g/mol. The van der Waals surface area contributed by atoms with Crippen LogP contribution in [0.1, 0.15) is 40.9 Å². The van der Waals surface area contributed by atoms with Crippen molar-refractivity contribution in [2.24, 2.45) is 0 Å². The van der Waals surface area contributed by atoms with Gasteiger partial charge in [0.15, 0.2) is 0 Å². The third-order valence-electron chi connectivity index (χ3n) is 3.39. The van der Waals surface area contributed by atoms with Gasteiger partial charge in [-0.3, -0.25) is 4.79 Å². The first-order valence-corrected chi connectivity index (χ1v) is 7.63. The van der Waals surface area contributed by atoms with Crippen molar-refractivity contribution in [2.45, 2.75) is 26.3 Å². The molecule has 1 atom stereocenters. The van der Waals surface area contributed by atoms with Gasteiger partial charge in [0.2, 0.25) is 0 Å². The van der Waals surface area contributed by atoms with E-state index in [0.717, 1.165) is 12.0 Å². The molecule has 0 aliphatic carbocycles. The summed E-state index contributed by atoms with van der Waals surface area (Å²) in [6.07, 6.45) is 0.766. The second-order valence-electron chi connectivity index (χ2n) is 4.95. The van der Waals surface area contributed by atoms with Crippen molar-refractivity contribution in [2.75, 3.05) is 0 Å². The van der Waals surface area contributed by atoms with Crippen molar-refractivity contribution in [1.82, 2.24) is 5.32 Å². The summed E-state index contributed by atoms with van der Waals surface area (Å²) in [6, 6.07) is 12.4. The van der Waals surface area contributed by atoms with Gasteiger partial charge in [0.05, 0.1) is 16.1 Å². The number of aryl methyl sites for hydroxylation is 1. The molecular formula is C17H17BrFNO. The van der Waals surface area contributed by atoms with E-state index in [-0.39, 0.29) is 16.4 Å². The lowest BCUT2D eigenvalue weighted by Crippen LogP contribution is -2.28. The van der Waals surface area contributed by atoms with Crippen molar-refractivity contribution in [3.63, 3.8) is 0 Å². The van der Waals surface area contributed by atoms with Gasteiger partial charge in [-0.05, 0) is 47.0 Å². The molecule has 0 fully saturated rings. The predicted molar refractivity (Wildman–Crippen MR) is 85.8 cm³/mol. The third-order valence-corrected chi connectivity index (χ3v) is 4.20. The van der Waals surface area contributed by atoms with Crippen LogP contribution in [0.3, 0.4) is 0 Å². The molecule has 2 rings (SSSR count). The molecule has 0 bridgehead atoms. The fourth-order valence-corrected chi connectivity index (χ4v) is 2.58. The Kier molecular flexibility index (Phi) is 5.12. The number of amides is 1. The molecule has 0 saturated carbocycles.